The van der Waals surface area contributed by atoms with Crippen LogP contribution in [0.15, 0.2) is 72.8 Å². The molecule has 0 aliphatic carbocycles. The Balaban J connectivity index is 2.19. The smallest absolute Gasteiger partial charge is 0.171 e. The van der Waals surface area contributed by atoms with Gasteiger partial charge in [-0.2, -0.15) is 0 Å². The largest absolute Gasteiger partial charge is 0.545 e. The molecule has 0 heterocycles. The van der Waals surface area contributed by atoms with Crippen molar-refractivity contribution in [3.63, 3.8) is 0 Å². The highest BCUT2D eigenvalue weighted by molar-refractivity contribution is 7.85. The van der Waals surface area contributed by atoms with Crippen molar-refractivity contribution in [3.8, 4) is 0 Å². The van der Waals surface area contributed by atoms with Crippen LogP contribution in [0.3, 0.4) is 0 Å². The fourth-order valence-electron chi connectivity index (χ4n) is 2.87. The summed E-state index contributed by atoms with van der Waals surface area (Å²) in [5, 5.41) is 33.9. The van der Waals surface area contributed by atoms with Gasteiger partial charge in [-0.1, -0.05) is 72.8 Å². The van der Waals surface area contributed by atoms with E-state index in [0.29, 0.717) is 0 Å². The van der Waals surface area contributed by atoms with Gasteiger partial charge in [0.2, 0.25) is 0 Å². The first-order chi connectivity index (χ1) is 13.7. The average Bonchev–Trinajstić information content (AvgIpc) is 2.73. The molecule has 0 saturated carbocycles. The normalized spacial score (nSPS) is 11.0. The third-order valence-corrected chi connectivity index (χ3v) is 7.48. The number of hydrogen-bond acceptors (Lipinski definition) is 7. The molecule has 7 nitrogen and oxygen atoms in total. The molecule has 3 aromatic carbocycles. The minimum absolute atomic E-state index is 0.0973. The number of carbonyl (C=O) groups is 3. The molecule has 0 aromatic heterocycles. The third-order valence-electron chi connectivity index (χ3n) is 4.40. The maximum Gasteiger partial charge on any atom is 0.171 e. The second kappa shape index (κ2) is 7.73. The lowest BCUT2D eigenvalue weighted by Gasteiger charge is -2.21. The average molecular weight is 407 g/mol. The van der Waals surface area contributed by atoms with E-state index in [2.05, 4.69) is 0 Å². The lowest BCUT2D eigenvalue weighted by molar-refractivity contribution is -0.256. The second-order valence-electron chi connectivity index (χ2n) is 6.11. The quantitative estimate of drug-likeness (QED) is 0.450. The van der Waals surface area contributed by atoms with Gasteiger partial charge >= 0.3 is 0 Å². The molecule has 0 aliphatic rings. The van der Waals surface area contributed by atoms with Crippen molar-refractivity contribution in [1.82, 2.24) is 0 Å². The predicted molar refractivity (Wildman–Crippen MR) is 98.8 cm³/mol. The summed E-state index contributed by atoms with van der Waals surface area (Å²) in [6.45, 7) is 0. The molecule has 3 rings (SSSR count). The summed E-state index contributed by atoms with van der Waals surface area (Å²) >= 11 is 0. The van der Waals surface area contributed by atoms with E-state index < -0.39 is 25.0 Å². The molecule has 0 atom stereocenters. The van der Waals surface area contributed by atoms with E-state index in [1.54, 1.807) is 0 Å². The van der Waals surface area contributed by atoms with Gasteiger partial charge in [-0.3, -0.25) is 0 Å². The SMILES string of the molecule is O=C([O-])c1ccc(P(=O)(c2ccc(C(=O)[O-])cc2)c2ccc(C(=O)[O-])cc2)cc1. The topological polar surface area (TPSA) is 137 Å². The molecular formula is C21H12O7P-3. The Hall–Kier alpha value is -3.70. The van der Waals surface area contributed by atoms with Gasteiger partial charge in [-0.15, -0.1) is 0 Å². The Bertz CT molecular complexity index is 985. The third kappa shape index (κ3) is 3.81. The van der Waals surface area contributed by atoms with Gasteiger partial charge in [0.15, 0.2) is 7.14 Å². The van der Waals surface area contributed by atoms with Crippen molar-refractivity contribution >= 4 is 41.0 Å². The van der Waals surface area contributed by atoms with Crippen LogP contribution < -0.4 is 31.2 Å². The van der Waals surface area contributed by atoms with E-state index in [9.17, 15) is 34.3 Å². The molecule has 0 unspecified atom stereocenters. The molecule has 0 radical (unpaired) electrons. The highest BCUT2D eigenvalue weighted by atomic mass is 31.2. The molecule has 146 valence electrons. The summed E-state index contributed by atoms with van der Waals surface area (Å²) in [5.41, 5.74) is -0.292. The van der Waals surface area contributed by atoms with E-state index in [0.717, 1.165) is 0 Å². The van der Waals surface area contributed by atoms with Crippen molar-refractivity contribution in [1.29, 1.82) is 0 Å². The lowest BCUT2D eigenvalue weighted by atomic mass is 10.2. The van der Waals surface area contributed by atoms with E-state index >= 15 is 0 Å². The predicted octanol–water partition coefficient (Wildman–Crippen LogP) is -1.58. The summed E-state index contributed by atoms with van der Waals surface area (Å²) in [6.07, 6.45) is 0. The molecule has 0 fully saturated rings. The van der Waals surface area contributed by atoms with Gasteiger partial charge in [0, 0.05) is 15.9 Å². The zero-order chi connectivity index (χ0) is 21.2. The van der Waals surface area contributed by atoms with Crippen LogP contribution in [0.4, 0.5) is 0 Å². The Morgan fingerprint density at radius 1 is 0.483 bits per heavy atom. The standard InChI is InChI=1S/C21H15O7P/c22-19(23)13-1-7-16(8-2-13)29(28,17-9-3-14(4-10-17)20(24)25)18-11-5-15(6-12-18)21(26)27/h1-12H,(H,22,23)(H,24,25)(H,26,27)/p-3. The number of benzene rings is 3. The summed E-state index contributed by atoms with van der Waals surface area (Å²) in [4.78, 5) is 33.0. The summed E-state index contributed by atoms with van der Waals surface area (Å²) < 4.78 is 14.2. The molecule has 0 saturated heterocycles. The Morgan fingerprint density at radius 2 is 0.690 bits per heavy atom. The molecule has 0 amide bonds. The van der Waals surface area contributed by atoms with Gasteiger partial charge < -0.3 is 34.3 Å². The minimum atomic E-state index is -3.57. The first kappa shape index (κ1) is 20.0. The number of carboxylic acids is 3. The van der Waals surface area contributed by atoms with Crippen molar-refractivity contribution < 1.29 is 34.3 Å². The molecular weight excluding hydrogens is 395 g/mol. The van der Waals surface area contributed by atoms with Gasteiger partial charge in [-0.25, -0.2) is 0 Å². The van der Waals surface area contributed by atoms with Crippen LogP contribution in [-0.4, -0.2) is 17.9 Å². The number of rotatable bonds is 6. The van der Waals surface area contributed by atoms with Crippen molar-refractivity contribution in [3.05, 3.63) is 89.5 Å². The number of carboxylic acid groups (broad SMARTS) is 3. The molecule has 0 N–H and O–H groups in total. The van der Waals surface area contributed by atoms with E-state index in [1.807, 2.05) is 0 Å². The zero-order valence-corrected chi connectivity index (χ0v) is 15.6. The molecule has 0 aliphatic heterocycles. The fraction of sp³-hybridized carbons (Fsp3) is 0. The summed E-state index contributed by atoms with van der Waals surface area (Å²) in [7, 11) is -3.57. The van der Waals surface area contributed by atoms with E-state index in [4.69, 9.17) is 0 Å². The van der Waals surface area contributed by atoms with Crippen LogP contribution in [0.2, 0.25) is 0 Å². The molecule has 29 heavy (non-hydrogen) atoms. The molecule has 0 spiro atoms. The van der Waals surface area contributed by atoms with E-state index in [-0.39, 0.29) is 32.6 Å². The van der Waals surface area contributed by atoms with Gasteiger partial charge in [0.25, 0.3) is 0 Å². The first-order valence-corrected chi connectivity index (χ1v) is 10.00. The van der Waals surface area contributed by atoms with Gasteiger partial charge in [0.05, 0.1) is 17.9 Å². The summed E-state index contributed by atoms with van der Waals surface area (Å²) in [6, 6.07) is 15.8. The number of carbonyl (C=O) groups excluding carboxylic acids is 3. The number of aromatic carboxylic acids is 3. The van der Waals surface area contributed by atoms with Crippen LogP contribution in [0, 0.1) is 0 Å². The molecule has 0 bridgehead atoms. The maximum absolute atomic E-state index is 14.2. The zero-order valence-electron chi connectivity index (χ0n) is 14.7. The van der Waals surface area contributed by atoms with Gasteiger partial charge in [0.1, 0.15) is 0 Å². The van der Waals surface area contributed by atoms with Crippen LogP contribution in [-0.2, 0) is 4.57 Å². The molecule has 8 heteroatoms. The maximum atomic E-state index is 14.2. The highest BCUT2D eigenvalue weighted by Crippen LogP contribution is 2.42. The fourth-order valence-corrected chi connectivity index (χ4v) is 5.47. The molecule has 3 aromatic rings. The number of hydrogen-bond donors (Lipinski definition) is 0. The van der Waals surface area contributed by atoms with Crippen molar-refractivity contribution in [2.45, 2.75) is 0 Å². The van der Waals surface area contributed by atoms with Crippen LogP contribution >= 0.6 is 7.14 Å². The van der Waals surface area contributed by atoms with Crippen molar-refractivity contribution in [2.24, 2.45) is 0 Å². The van der Waals surface area contributed by atoms with E-state index in [1.165, 1.54) is 72.8 Å². The van der Waals surface area contributed by atoms with Crippen LogP contribution in [0.1, 0.15) is 31.1 Å². The van der Waals surface area contributed by atoms with Gasteiger partial charge in [-0.05, 0) is 16.7 Å². The Morgan fingerprint density at radius 3 is 0.862 bits per heavy atom. The van der Waals surface area contributed by atoms with Crippen molar-refractivity contribution in [2.75, 3.05) is 0 Å². The summed E-state index contributed by atoms with van der Waals surface area (Å²) in [5.74, 6) is -4.16. The second-order valence-corrected chi connectivity index (χ2v) is 8.88. The first-order valence-electron chi connectivity index (χ1n) is 8.29. The highest BCUT2D eigenvalue weighted by Gasteiger charge is 2.29. The Kier molecular flexibility index (Phi) is 5.35. The van der Waals surface area contributed by atoms with Crippen LogP contribution in [0.5, 0.6) is 0 Å². The lowest BCUT2D eigenvalue weighted by Crippen LogP contribution is -2.28. The monoisotopic (exact) mass is 407 g/mol. The Labute approximate surface area is 165 Å². The minimum Gasteiger partial charge on any atom is -0.545 e. The van der Waals surface area contributed by atoms with Crippen LogP contribution in [0.25, 0.3) is 0 Å².